The Kier molecular flexibility index (Phi) is 5.27. The summed E-state index contributed by atoms with van der Waals surface area (Å²) in [5.74, 6) is 0.714. The molecule has 0 saturated heterocycles. The number of benzene rings is 1. The second-order valence-corrected chi connectivity index (χ2v) is 6.54. The van der Waals surface area contributed by atoms with Gasteiger partial charge < -0.3 is 10.2 Å². The van der Waals surface area contributed by atoms with Gasteiger partial charge >= 0.3 is 0 Å². The smallest absolute Gasteiger partial charge is 0.254 e. The van der Waals surface area contributed by atoms with Gasteiger partial charge in [-0.15, -0.1) is 0 Å². The SMILES string of the molecule is CCCNc1ccc(C(=O)N(CC(C)C)C2CC2)c(C)c1. The number of hydrogen-bond donors (Lipinski definition) is 1. The fourth-order valence-corrected chi connectivity index (χ4v) is 2.62. The highest BCUT2D eigenvalue weighted by Gasteiger charge is 2.33. The van der Waals surface area contributed by atoms with Gasteiger partial charge in [-0.2, -0.15) is 0 Å². The highest BCUT2D eigenvalue weighted by molar-refractivity contribution is 5.96. The number of carbonyl (C=O) groups excluding carboxylic acids is 1. The Labute approximate surface area is 128 Å². The lowest BCUT2D eigenvalue weighted by Gasteiger charge is -2.25. The lowest BCUT2D eigenvalue weighted by molar-refractivity contribution is 0.0722. The summed E-state index contributed by atoms with van der Waals surface area (Å²) in [5.41, 5.74) is 3.02. The first kappa shape index (κ1) is 15.9. The highest BCUT2D eigenvalue weighted by atomic mass is 16.2. The molecule has 0 bridgehead atoms. The van der Waals surface area contributed by atoms with Crippen molar-refractivity contribution in [3.63, 3.8) is 0 Å². The summed E-state index contributed by atoms with van der Waals surface area (Å²) in [6.45, 7) is 10.4. The van der Waals surface area contributed by atoms with Crippen LogP contribution in [0.2, 0.25) is 0 Å². The van der Waals surface area contributed by atoms with E-state index >= 15 is 0 Å². The van der Waals surface area contributed by atoms with E-state index in [1.807, 2.05) is 19.1 Å². The van der Waals surface area contributed by atoms with Crippen molar-refractivity contribution in [3.05, 3.63) is 29.3 Å². The van der Waals surface area contributed by atoms with Crippen molar-refractivity contribution < 1.29 is 4.79 Å². The van der Waals surface area contributed by atoms with Gasteiger partial charge in [-0.25, -0.2) is 0 Å². The van der Waals surface area contributed by atoms with Gasteiger partial charge in [-0.05, 0) is 55.9 Å². The van der Waals surface area contributed by atoms with E-state index in [0.29, 0.717) is 12.0 Å². The van der Waals surface area contributed by atoms with Crippen LogP contribution in [0, 0.1) is 12.8 Å². The molecule has 3 heteroatoms. The Balaban J connectivity index is 2.13. The van der Waals surface area contributed by atoms with Crippen LogP contribution in [-0.4, -0.2) is 29.9 Å². The minimum absolute atomic E-state index is 0.200. The molecule has 0 aromatic heterocycles. The molecule has 1 aromatic rings. The normalized spacial score (nSPS) is 14.3. The maximum atomic E-state index is 12.8. The number of anilines is 1. The van der Waals surface area contributed by atoms with E-state index in [4.69, 9.17) is 0 Å². The first-order valence-corrected chi connectivity index (χ1v) is 8.18. The molecule has 1 aliphatic rings. The fraction of sp³-hybridized carbons (Fsp3) is 0.611. The molecule has 1 amide bonds. The maximum Gasteiger partial charge on any atom is 0.254 e. The molecule has 1 N–H and O–H groups in total. The van der Waals surface area contributed by atoms with Crippen molar-refractivity contribution in [2.24, 2.45) is 5.92 Å². The molecule has 1 aromatic carbocycles. The van der Waals surface area contributed by atoms with Crippen molar-refractivity contribution in [3.8, 4) is 0 Å². The van der Waals surface area contributed by atoms with E-state index in [-0.39, 0.29) is 5.91 Å². The average Bonchev–Trinajstić information content (AvgIpc) is 3.26. The van der Waals surface area contributed by atoms with Gasteiger partial charge in [0.25, 0.3) is 5.91 Å². The lowest BCUT2D eigenvalue weighted by Crippen LogP contribution is -2.36. The summed E-state index contributed by atoms with van der Waals surface area (Å²) in [5, 5.41) is 3.37. The molecule has 0 aliphatic heterocycles. The Morgan fingerprint density at radius 2 is 2.10 bits per heavy atom. The fourth-order valence-electron chi connectivity index (χ4n) is 2.62. The summed E-state index contributed by atoms with van der Waals surface area (Å²) in [7, 11) is 0. The monoisotopic (exact) mass is 288 g/mol. The van der Waals surface area contributed by atoms with E-state index in [9.17, 15) is 4.79 Å². The summed E-state index contributed by atoms with van der Waals surface area (Å²) in [6.07, 6.45) is 3.42. The molecule has 0 radical (unpaired) electrons. The first-order chi connectivity index (χ1) is 10.0. The highest BCUT2D eigenvalue weighted by Crippen LogP contribution is 2.30. The molecular weight excluding hydrogens is 260 g/mol. The zero-order chi connectivity index (χ0) is 15.4. The third-order valence-electron chi connectivity index (χ3n) is 3.85. The van der Waals surface area contributed by atoms with Gasteiger partial charge in [0.05, 0.1) is 0 Å². The number of nitrogens with one attached hydrogen (secondary N) is 1. The summed E-state index contributed by atoms with van der Waals surface area (Å²) >= 11 is 0. The molecule has 3 nitrogen and oxygen atoms in total. The van der Waals surface area contributed by atoms with Crippen LogP contribution < -0.4 is 5.32 Å². The van der Waals surface area contributed by atoms with Crippen LogP contribution in [0.5, 0.6) is 0 Å². The standard InChI is InChI=1S/C18H28N2O/c1-5-10-19-15-6-9-17(14(4)11-15)18(21)20(12-13(2)3)16-7-8-16/h6,9,11,13,16,19H,5,7-8,10,12H2,1-4H3. The quantitative estimate of drug-likeness (QED) is 0.820. The number of amides is 1. The third kappa shape index (κ3) is 4.23. The van der Waals surface area contributed by atoms with Crippen LogP contribution in [0.25, 0.3) is 0 Å². The van der Waals surface area contributed by atoms with Crippen molar-refractivity contribution in [1.82, 2.24) is 4.90 Å². The van der Waals surface area contributed by atoms with Gasteiger partial charge in [0, 0.05) is 30.4 Å². The van der Waals surface area contributed by atoms with Gasteiger partial charge in [-0.1, -0.05) is 20.8 Å². The number of hydrogen-bond acceptors (Lipinski definition) is 2. The lowest BCUT2D eigenvalue weighted by atomic mass is 10.1. The summed E-state index contributed by atoms with van der Waals surface area (Å²) < 4.78 is 0. The van der Waals surface area contributed by atoms with E-state index < -0.39 is 0 Å². The van der Waals surface area contributed by atoms with Crippen molar-refractivity contribution in [2.75, 3.05) is 18.4 Å². The Hall–Kier alpha value is -1.51. The zero-order valence-electron chi connectivity index (χ0n) is 13.8. The van der Waals surface area contributed by atoms with E-state index in [0.717, 1.165) is 49.2 Å². The molecular formula is C18H28N2O. The average molecular weight is 288 g/mol. The molecule has 1 fully saturated rings. The maximum absolute atomic E-state index is 12.8. The van der Waals surface area contributed by atoms with E-state index in [2.05, 4.69) is 37.1 Å². The molecule has 0 atom stereocenters. The predicted octanol–water partition coefficient (Wildman–Crippen LogP) is 4.08. The van der Waals surface area contributed by atoms with E-state index in [1.165, 1.54) is 0 Å². The van der Waals surface area contributed by atoms with Gasteiger partial charge in [0.15, 0.2) is 0 Å². The minimum Gasteiger partial charge on any atom is -0.385 e. The van der Waals surface area contributed by atoms with Crippen LogP contribution in [0.1, 0.15) is 56.0 Å². The first-order valence-electron chi connectivity index (χ1n) is 8.18. The van der Waals surface area contributed by atoms with Crippen molar-refractivity contribution in [2.45, 2.75) is 53.0 Å². The predicted molar refractivity (Wildman–Crippen MR) is 88.9 cm³/mol. The number of carbonyl (C=O) groups is 1. The third-order valence-corrected chi connectivity index (χ3v) is 3.85. The van der Waals surface area contributed by atoms with Crippen LogP contribution in [0.15, 0.2) is 18.2 Å². The number of nitrogens with zero attached hydrogens (tertiary/aromatic N) is 1. The van der Waals surface area contributed by atoms with Crippen LogP contribution in [0.4, 0.5) is 5.69 Å². The largest absolute Gasteiger partial charge is 0.385 e. The zero-order valence-corrected chi connectivity index (χ0v) is 13.8. The molecule has 1 saturated carbocycles. The van der Waals surface area contributed by atoms with Crippen molar-refractivity contribution in [1.29, 1.82) is 0 Å². The molecule has 0 spiro atoms. The Bertz CT molecular complexity index is 492. The summed E-state index contributed by atoms with van der Waals surface area (Å²) in [4.78, 5) is 14.9. The van der Waals surface area contributed by atoms with Gasteiger partial charge in [-0.3, -0.25) is 4.79 Å². The number of rotatable bonds is 7. The van der Waals surface area contributed by atoms with Crippen LogP contribution >= 0.6 is 0 Å². The van der Waals surface area contributed by atoms with Crippen molar-refractivity contribution >= 4 is 11.6 Å². The second-order valence-electron chi connectivity index (χ2n) is 6.54. The minimum atomic E-state index is 0.200. The number of aryl methyl sites for hydroxylation is 1. The summed E-state index contributed by atoms with van der Waals surface area (Å²) in [6, 6.07) is 6.56. The second kappa shape index (κ2) is 6.97. The van der Waals surface area contributed by atoms with Crippen LogP contribution in [0.3, 0.4) is 0 Å². The van der Waals surface area contributed by atoms with Crippen LogP contribution in [-0.2, 0) is 0 Å². The van der Waals surface area contributed by atoms with Gasteiger partial charge in [0.1, 0.15) is 0 Å². The van der Waals surface area contributed by atoms with E-state index in [1.54, 1.807) is 0 Å². The molecule has 2 rings (SSSR count). The molecule has 0 heterocycles. The van der Waals surface area contributed by atoms with Gasteiger partial charge in [0.2, 0.25) is 0 Å². The molecule has 21 heavy (non-hydrogen) atoms. The Morgan fingerprint density at radius 3 is 2.62 bits per heavy atom. The topological polar surface area (TPSA) is 32.3 Å². The Morgan fingerprint density at radius 1 is 1.38 bits per heavy atom. The molecule has 0 unspecified atom stereocenters. The molecule has 116 valence electrons. The molecule has 1 aliphatic carbocycles.